The lowest BCUT2D eigenvalue weighted by Crippen LogP contribution is -2.62. The van der Waals surface area contributed by atoms with Gasteiger partial charge in [-0.1, -0.05) is 77.9 Å². The fraction of sp³-hybridized carbons (Fsp3) is 0.429. The van der Waals surface area contributed by atoms with Crippen LogP contribution in [0.25, 0.3) is 0 Å². The van der Waals surface area contributed by atoms with Crippen LogP contribution in [0.1, 0.15) is 41.5 Å². The largest absolute Gasteiger partial charge is 0.119 e. The summed E-state index contributed by atoms with van der Waals surface area (Å²) in [7, 11) is -1.61. The van der Waals surface area contributed by atoms with Crippen molar-refractivity contribution < 1.29 is 0 Å². The average molecular weight is 309 g/mol. The molecule has 1 heterocycles. The summed E-state index contributed by atoms with van der Waals surface area (Å²) in [6, 6.07) is 16.7. The molecule has 2 aromatic carbocycles. The van der Waals surface area contributed by atoms with Crippen molar-refractivity contribution in [3.05, 3.63) is 58.7 Å². The molecule has 0 bridgehead atoms. The molecule has 0 saturated carbocycles. The van der Waals surface area contributed by atoms with Gasteiger partial charge in [0.1, 0.15) is 8.07 Å². The molecule has 0 amide bonds. The third-order valence-electron chi connectivity index (χ3n) is 5.63. The number of hydrogen-bond acceptors (Lipinski definition) is 0. The van der Waals surface area contributed by atoms with E-state index in [0.717, 1.165) is 0 Å². The summed E-state index contributed by atoms with van der Waals surface area (Å²) in [6.07, 6.45) is 4.24. The minimum atomic E-state index is -1.61. The first-order valence-electron chi connectivity index (χ1n) is 8.70. The number of hydrogen-bond donors (Lipinski definition) is 0. The standard InChI is InChI=1S/C21H28Si/c1-16-10-8-11-17(2)20(16)22(14-6-5-7-15-22)21-18(3)12-9-13-19(21)4/h8-13H,5-7,14-15H2,1-4H3. The van der Waals surface area contributed by atoms with E-state index in [0.29, 0.717) is 0 Å². The van der Waals surface area contributed by atoms with Crippen molar-refractivity contribution in [1.29, 1.82) is 0 Å². The molecule has 1 fully saturated rings. The maximum Gasteiger partial charge on any atom is 0.119 e. The molecule has 0 atom stereocenters. The molecule has 116 valence electrons. The Hall–Kier alpha value is -1.34. The van der Waals surface area contributed by atoms with Gasteiger partial charge < -0.3 is 0 Å². The molecule has 22 heavy (non-hydrogen) atoms. The van der Waals surface area contributed by atoms with Crippen LogP contribution in [0.3, 0.4) is 0 Å². The van der Waals surface area contributed by atoms with Crippen LogP contribution >= 0.6 is 0 Å². The Morgan fingerprint density at radius 2 is 0.955 bits per heavy atom. The molecule has 1 aliphatic rings. The van der Waals surface area contributed by atoms with Crippen molar-refractivity contribution in [2.45, 2.75) is 59.0 Å². The molecule has 0 radical (unpaired) electrons. The van der Waals surface area contributed by atoms with Crippen molar-refractivity contribution in [2.24, 2.45) is 0 Å². The van der Waals surface area contributed by atoms with Crippen LogP contribution in [0.15, 0.2) is 36.4 Å². The van der Waals surface area contributed by atoms with E-state index >= 15 is 0 Å². The van der Waals surface area contributed by atoms with E-state index in [1.165, 1.54) is 53.6 Å². The molecule has 0 aliphatic carbocycles. The molecule has 1 heteroatoms. The highest BCUT2D eigenvalue weighted by atomic mass is 28.3. The lowest BCUT2D eigenvalue weighted by molar-refractivity contribution is 0.719. The van der Waals surface area contributed by atoms with Gasteiger partial charge in [-0.3, -0.25) is 0 Å². The van der Waals surface area contributed by atoms with Gasteiger partial charge in [0.2, 0.25) is 0 Å². The Balaban J connectivity index is 2.31. The van der Waals surface area contributed by atoms with Crippen molar-refractivity contribution in [2.75, 3.05) is 0 Å². The second-order valence-electron chi connectivity index (χ2n) is 7.18. The van der Waals surface area contributed by atoms with Gasteiger partial charge >= 0.3 is 0 Å². The monoisotopic (exact) mass is 308 g/mol. The fourth-order valence-electron chi connectivity index (χ4n) is 4.92. The fourth-order valence-corrected chi connectivity index (χ4v) is 11.5. The third kappa shape index (κ3) is 2.46. The van der Waals surface area contributed by atoms with Gasteiger partial charge in [-0.2, -0.15) is 0 Å². The Kier molecular flexibility index (Phi) is 4.27. The number of benzene rings is 2. The molecule has 0 aromatic heterocycles. The zero-order valence-electron chi connectivity index (χ0n) is 14.5. The predicted octanol–water partition coefficient (Wildman–Crippen LogP) is 4.67. The van der Waals surface area contributed by atoms with Gasteiger partial charge in [0.05, 0.1) is 0 Å². The quantitative estimate of drug-likeness (QED) is 0.707. The molecule has 2 aromatic rings. The molecule has 0 spiro atoms. The molecule has 3 rings (SSSR count). The summed E-state index contributed by atoms with van der Waals surface area (Å²) in [5.74, 6) is 0. The molecular formula is C21H28Si. The number of rotatable bonds is 2. The maximum atomic E-state index is 2.33. The van der Waals surface area contributed by atoms with Crippen LogP contribution in [0.4, 0.5) is 0 Å². The minimum Gasteiger partial charge on any atom is -0.0618 e. The van der Waals surface area contributed by atoms with E-state index < -0.39 is 8.07 Å². The van der Waals surface area contributed by atoms with Crippen LogP contribution in [-0.2, 0) is 0 Å². The average Bonchev–Trinajstić information content (AvgIpc) is 2.48. The van der Waals surface area contributed by atoms with Crippen molar-refractivity contribution in [3.63, 3.8) is 0 Å². The van der Waals surface area contributed by atoms with Gasteiger partial charge in [-0.25, -0.2) is 0 Å². The summed E-state index contributed by atoms with van der Waals surface area (Å²) < 4.78 is 0. The van der Waals surface area contributed by atoms with Gasteiger partial charge in [-0.05, 0) is 50.2 Å². The van der Waals surface area contributed by atoms with E-state index in [4.69, 9.17) is 0 Å². The number of aryl methyl sites for hydroxylation is 4. The SMILES string of the molecule is Cc1cccc(C)c1[Si]1(c2c(C)cccc2C)CCCCC1. The van der Waals surface area contributed by atoms with Crippen molar-refractivity contribution in [3.8, 4) is 0 Å². The molecule has 1 aliphatic heterocycles. The highest BCUT2D eigenvalue weighted by molar-refractivity contribution is 7.03. The predicted molar refractivity (Wildman–Crippen MR) is 100 cm³/mol. The molecule has 0 nitrogen and oxygen atoms in total. The Morgan fingerprint density at radius 1 is 0.591 bits per heavy atom. The second-order valence-corrected chi connectivity index (χ2v) is 11.3. The van der Waals surface area contributed by atoms with Crippen LogP contribution < -0.4 is 10.4 Å². The summed E-state index contributed by atoms with van der Waals surface area (Å²) in [6.45, 7) is 9.33. The molecule has 1 saturated heterocycles. The third-order valence-corrected chi connectivity index (χ3v) is 11.5. The first-order chi connectivity index (χ1) is 10.6. The van der Waals surface area contributed by atoms with Crippen LogP contribution in [0.5, 0.6) is 0 Å². The Morgan fingerprint density at radius 3 is 1.32 bits per heavy atom. The van der Waals surface area contributed by atoms with Crippen molar-refractivity contribution in [1.82, 2.24) is 0 Å². The maximum absolute atomic E-state index is 2.33. The zero-order valence-corrected chi connectivity index (χ0v) is 15.5. The van der Waals surface area contributed by atoms with Gasteiger partial charge in [0.25, 0.3) is 0 Å². The highest BCUT2D eigenvalue weighted by Gasteiger charge is 2.41. The van der Waals surface area contributed by atoms with Gasteiger partial charge in [0, 0.05) is 0 Å². The lowest BCUT2D eigenvalue weighted by Gasteiger charge is -2.40. The van der Waals surface area contributed by atoms with Gasteiger partial charge in [0.15, 0.2) is 0 Å². The summed E-state index contributed by atoms with van der Waals surface area (Å²) in [5, 5.41) is 3.49. The van der Waals surface area contributed by atoms with Crippen molar-refractivity contribution >= 4 is 18.4 Å². The van der Waals surface area contributed by atoms with E-state index in [-0.39, 0.29) is 0 Å². The summed E-state index contributed by atoms with van der Waals surface area (Å²) in [4.78, 5) is 0. The Labute approximate surface area is 136 Å². The lowest BCUT2D eigenvalue weighted by atomic mass is 10.1. The van der Waals surface area contributed by atoms with Crippen LogP contribution in [0, 0.1) is 27.7 Å². The second kappa shape index (κ2) is 6.04. The smallest absolute Gasteiger partial charge is 0.0618 e. The first kappa shape index (κ1) is 15.5. The molecule has 0 unspecified atom stereocenters. The molecule has 0 N–H and O–H groups in total. The first-order valence-corrected chi connectivity index (χ1v) is 11.1. The zero-order chi connectivity index (χ0) is 15.7. The molecular weight excluding hydrogens is 280 g/mol. The van der Waals surface area contributed by atoms with E-state index in [9.17, 15) is 0 Å². The highest BCUT2D eigenvalue weighted by Crippen LogP contribution is 2.31. The van der Waals surface area contributed by atoms with Crippen LogP contribution in [-0.4, -0.2) is 8.07 Å². The topological polar surface area (TPSA) is 0 Å². The normalized spacial score (nSPS) is 17.5. The summed E-state index contributed by atoms with van der Waals surface area (Å²) in [5.41, 5.74) is 6.10. The summed E-state index contributed by atoms with van der Waals surface area (Å²) >= 11 is 0. The van der Waals surface area contributed by atoms with E-state index in [2.05, 4.69) is 64.1 Å². The Bertz CT molecular complexity index is 584. The minimum absolute atomic E-state index is 1.41. The van der Waals surface area contributed by atoms with Crippen LogP contribution in [0.2, 0.25) is 12.1 Å². The van der Waals surface area contributed by atoms with E-state index in [1.54, 1.807) is 10.4 Å². The van der Waals surface area contributed by atoms with E-state index in [1.807, 2.05) is 0 Å². The van der Waals surface area contributed by atoms with Gasteiger partial charge in [-0.15, -0.1) is 0 Å².